The molecule has 1 aromatic heterocycles. The first kappa shape index (κ1) is 16.2. The standard InChI is InChI=1S/C14H23N3O3/c1-5-6-7-15-14(20)11(4)17-10(3)12(8-13(18)19)9(2)16-17/h11H,5-8H2,1-4H3,(H,15,20)(H,18,19). The van der Waals surface area contributed by atoms with E-state index in [1.54, 1.807) is 25.5 Å². The lowest BCUT2D eigenvalue weighted by Gasteiger charge is -2.14. The zero-order chi connectivity index (χ0) is 15.3. The largest absolute Gasteiger partial charge is 0.481 e. The zero-order valence-electron chi connectivity index (χ0n) is 12.6. The van der Waals surface area contributed by atoms with Crippen molar-refractivity contribution in [3.8, 4) is 0 Å². The van der Waals surface area contributed by atoms with E-state index in [4.69, 9.17) is 5.11 Å². The van der Waals surface area contributed by atoms with Crippen molar-refractivity contribution in [2.45, 2.75) is 53.0 Å². The first-order valence-electron chi connectivity index (χ1n) is 6.92. The molecule has 0 aliphatic rings. The van der Waals surface area contributed by atoms with Crippen LogP contribution in [0.25, 0.3) is 0 Å². The van der Waals surface area contributed by atoms with Crippen LogP contribution in [-0.4, -0.2) is 33.3 Å². The molecule has 6 nitrogen and oxygen atoms in total. The Morgan fingerprint density at radius 2 is 2.05 bits per heavy atom. The summed E-state index contributed by atoms with van der Waals surface area (Å²) in [6.07, 6.45) is 1.90. The van der Waals surface area contributed by atoms with Crippen molar-refractivity contribution < 1.29 is 14.7 Å². The van der Waals surface area contributed by atoms with Crippen molar-refractivity contribution in [2.75, 3.05) is 6.54 Å². The van der Waals surface area contributed by atoms with Gasteiger partial charge < -0.3 is 10.4 Å². The van der Waals surface area contributed by atoms with E-state index in [-0.39, 0.29) is 12.3 Å². The Bertz CT molecular complexity index is 494. The molecule has 1 rings (SSSR count). The van der Waals surface area contributed by atoms with Crippen molar-refractivity contribution in [2.24, 2.45) is 0 Å². The summed E-state index contributed by atoms with van der Waals surface area (Å²) in [5, 5.41) is 16.1. The van der Waals surface area contributed by atoms with Crippen LogP contribution in [0.4, 0.5) is 0 Å². The highest BCUT2D eigenvalue weighted by molar-refractivity contribution is 5.80. The van der Waals surface area contributed by atoms with Crippen LogP contribution < -0.4 is 5.32 Å². The molecule has 0 aliphatic carbocycles. The lowest BCUT2D eigenvalue weighted by atomic mass is 10.1. The molecule has 0 fully saturated rings. The van der Waals surface area contributed by atoms with Gasteiger partial charge in [0.15, 0.2) is 0 Å². The molecule has 0 aliphatic heterocycles. The number of carbonyl (C=O) groups excluding carboxylic acids is 1. The van der Waals surface area contributed by atoms with Gasteiger partial charge in [0.1, 0.15) is 6.04 Å². The van der Waals surface area contributed by atoms with Crippen molar-refractivity contribution in [3.63, 3.8) is 0 Å². The number of aliphatic carboxylic acids is 1. The third-order valence-electron chi connectivity index (χ3n) is 3.38. The molecule has 6 heteroatoms. The Kier molecular flexibility index (Phi) is 5.73. The van der Waals surface area contributed by atoms with Gasteiger partial charge in [0, 0.05) is 17.8 Å². The molecular weight excluding hydrogens is 258 g/mol. The van der Waals surface area contributed by atoms with E-state index in [1.807, 2.05) is 0 Å². The van der Waals surface area contributed by atoms with Gasteiger partial charge in [-0.2, -0.15) is 5.10 Å². The molecule has 0 spiro atoms. The van der Waals surface area contributed by atoms with E-state index in [0.29, 0.717) is 17.8 Å². The Balaban J connectivity index is 2.85. The fraction of sp³-hybridized carbons (Fsp3) is 0.643. The summed E-state index contributed by atoms with van der Waals surface area (Å²) >= 11 is 0. The quantitative estimate of drug-likeness (QED) is 0.744. The monoisotopic (exact) mass is 281 g/mol. The lowest BCUT2D eigenvalue weighted by molar-refractivity contribution is -0.136. The van der Waals surface area contributed by atoms with Gasteiger partial charge >= 0.3 is 5.97 Å². The summed E-state index contributed by atoms with van der Waals surface area (Å²) < 4.78 is 1.61. The van der Waals surface area contributed by atoms with Crippen LogP contribution in [0.1, 0.15) is 49.7 Å². The van der Waals surface area contributed by atoms with Crippen LogP contribution in [0.15, 0.2) is 0 Å². The summed E-state index contributed by atoms with van der Waals surface area (Å²) in [4.78, 5) is 22.9. The predicted octanol–water partition coefficient (Wildman–Crippen LogP) is 1.60. The van der Waals surface area contributed by atoms with Crippen LogP contribution in [0, 0.1) is 13.8 Å². The molecule has 1 atom stereocenters. The van der Waals surface area contributed by atoms with Gasteiger partial charge in [0.05, 0.1) is 12.1 Å². The number of aromatic nitrogens is 2. The smallest absolute Gasteiger partial charge is 0.307 e. The number of hydrogen-bond donors (Lipinski definition) is 2. The second kappa shape index (κ2) is 7.07. The summed E-state index contributed by atoms with van der Waals surface area (Å²) in [6, 6.07) is -0.437. The Hall–Kier alpha value is -1.85. The van der Waals surface area contributed by atoms with Crippen LogP contribution in [-0.2, 0) is 16.0 Å². The Morgan fingerprint density at radius 3 is 2.60 bits per heavy atom. The number of carboxylic acids is 1. The molecular formula is C14H23N3O3. The molecule has 1 aromatic rings. The predicted molar refractivity (Wildman–Crippen MR) is 75.7 cm³/mol. The van der Waals surface area contributed by atoms with Gasteiger partial charge in [-0.15, -0.1) is 0 Å². The fourth-order valence-electron chi connectivity index (χ4n) is 2.13. The van der Waals surface area contributed by atoms with Crippen LogP contribution >= 0.6 is 0 Å². The third kappa shape index (κ3) is 3.82. The van der Waals surface area contributed by atoms with Gasteiger partial charge in [0.2, 0.25) is 5.91 Å². The molecule has 0 radical (unpaired) electrons. The highest BCUT2D eigenvalue weighted by Gasteiger charge is 2.21. The van der Waals surface area contributed by atoms with E-state index < -0.39 is 12.0 Å². The first-order valence-corrected chi connectivity index (χ1v) is 6.92. The molecule has 0 aromatic carbocycles. The highest BCUT2D eigenvalue weighted by atomic mass is 16.4. The maximum absolute atomic E-state index is 12.0. The van der Waals surface area contributed by atoms with Gasteiger partial charge in [-0.25, -0.2) is 0 Å². The van der Waals surface area contributed by atoms with E-state index in [1.165, 1.54) is 0 Å². The Morgan fingerprint density at radius 1 is 1.40 bits per heavy atom. The van der Waals surface area contributed by atoms with E-state index in [2.05, 4.69) is 17.3 Å². The van der Waals surface area contributed by atoms with Gasteiger partial charge in [0.25, 0.3) is 0 Å². The van der Waals surface area contributed by atoms with Crippen molar-refractivity contribution in [3.05, 3.63) is 17.0 Å². The minimum atomic E-state index is -0.893. The molecule has 1 heterocycles. The minimum absolute atomic E-state index is 0.0676. The normalized spacial score (nSPS) is 12.2. The fourth-order valence-corrected chi connectivity index (χ4v) is 2.13. The van der Waals surface area contributed by atoms with Gasteiger partial charge in [-0.05, 0) is 27.2 Å². The SMILES string of the molecule is CCCCNC(=O)C(C)n1nc(C)c(CC(=O)O)c1C. The number of carboxylic acid groups (broad SMARTS) is 1. The highest BCUT2D eigenvalue weighted by Crippen LogP contribution is 2.18. The number of hydrogen-bond acceptors (Lipinski definition) is 3. The first-order chi connectivity index (χ1) is 9.38. The van der Waals surface area contributed by atoms with Crippen molar-refractivity contribution in [1.29, 1.82) is 0 Å². The molecule has 0 saturated heterocycles. The maximum atomic E-state index is 12.0. The zero-order valence-corrected chi connectivity index (χ0v) is 12.6. The van der Waals surface area contributed by atoms with E-state index in [0.717, 1.165) is 18.5 Å². The number of nitrogens with zero attached hydrogens (tertiary/aromatic N) is 2. The van der Waals surface area contributed by atoms with Gasteiger partial charge in [-0.3, -0.25) is 14.3 Å². The topological polar surface area (TPSA) is 84.2 Å². The number of unbranched alkanes of at least 4 members (excludes halogenated alkanes) is 1. The number of amides is 1. The molecule has 112 valence electrons. The number of rotatable bonds is 7. The Labute approximate surface area is 119 Å². The summed E-state index contributed by atoms with van der Waals surface area (Å²) in [5.74, 6) is -0.985. The minimum Gasteiger partial charge on any atom is -0.481 e. The van der Waals surface area contributed by atoms with E-state index >= 15 is 0 Å². The average Bonchev–Trinajstić information content (AvgIpc) is 2.65. The summed E-state index contributed by atoms with van der Waals surface area (Å²) in [7, 11) is 0. The summed E-state index contributed by atoms with van der Waals surface area (Å²) in [5.41, 5.74) is 2.09. The molecule has 2 N–H and O–H groups in total. The third-order valence-corrected chi connectivity index (χ3v) is 3.38. The van der Waals surface area contributed by atoms with Crippen LogP contribution in [0.2, 0.25) is 0 Å². The molecule has 1 unspecified atom stereocenters. The van der Waals surface area contributed by atoms with Gasteiger partial charge in [-0.1, -0.05) is 13.3 Å². The number of carbonyl (C=O) groups is 2. The number of nitrogens with one attached hydrogen (secondary N) is 1. The van der Waals surface area contributed by atoms with Crippen LogP contribution in [0.3, 0.4) is 0 Å². The summed E-state index contributed by atoms with van der Waals surface area (Å²) in [6.45, 7) is 8.05. The second-order valence-electron chi connectivity index (χ2n) is 4.99. The van der Waals surface area contributed by atoms with E-state index in [9.17, 15) is 9.59 Å². The van der Waals surface area contributed by atoms with Crippen LogP contribution in [0.5, 0.6) is 0 Å². The molecule has 20 heavy (non-hydrogen) atoms. The molecule has 0 bridgehead atoms. The second-order valence-corrected chi connectivity index (χ2v) is 4.99. The van der Waals surface area contributed by atoms with Crippen molar-refractivity contribution in [1.82, 2.24) is 15.1 Å². The molecule has 0 saturated carbocycles. The number of aryl methyl sites for hydroxylation is 1. The molecule has 1 amide bonds. The average molecular weight is 281 g/mol. The van der Waals surface area contributed by atoms with Crippen molar-refractivity contribution >= 4 is 11.9 Å². The lowest BCUT2D eigenvalue weighted by Crippen LogP contribution is -2.32. The maximum Gasteiger partial charge on any atom is 0.307 e.